The Kier molecular flexibility index (Phi) is 4.94. The number of carbonyl (C=O) groups excluding carboxylic acids is 3. The van der Waals surface area contributed by atoms with Crippen molar-refractivity contribution in [2.75, 3.05) is 52.4 Å². The monoisotopic (exact) mass is 281 g/mol. The fourth-order valence-corrected chi connectivity index (χ4v) is 2.48. The molecule has 0 N–H and O–H groups in total. The number of hydrogen-bond donors (Lipinski definition) is 0. The first-order valence-corrected chi connectivity index (χ1v) is 7.02. The number of carbonyl (C=O) groups is 3. The van der Waals surface area contributed by atoms with E-state index in [1.807, 2.05) is 0 Å². The minimum Gasteiger partial charge on any atom is -0.340 e. The van der Waals surface area contributed by atoms with Crippen LogP contribution in [0.15, 0.2) is 0 Å². The summed E-state index contributed by atoms with van der Waals surface area (Å²) in [6.07, 6.45) is -0.0694. The van der Waals surface area contributed by atoms with E-state index in [-0.39, 0.29) is 24.1 Å². The van der Waals surface area contributed by atoms with Gasteiger partial charge in [-0.25, -0.2) is 5.32 Å². The number of rotatable bonds is 2. The molecule has 7 nitrogen and oxygen atoms in total. The van der Waals surface area contributed by atoms with Gasteiger partial charge in [0.25, 0.3) is 0 Å². The molecule has 0 bridgehead atoms. The molecular formula is C13H21N4O3. The molecule has 7 heteroatoms. The van der Waals surface area contributed by atoms with Gasteiger partial charge in [-0.15, -0.1) is 0 Å². The van der Waals surface area contributed by atoms with E-state index in [1.54, 1.807) is 14.7 Å². The predicted octanol–water partition coefficient (Wildman–Crippen LogP) is -1.49. The molecule has 0 aromatic rings. The summed E-state index contributed by atoms with van der Waals surface area (Å²) in [5, 5.41) is 4.18. The van der Waals surface area contributed by atoms with E-state index in [9.17, 15) is 14.4 Å². The van der Waals surface area contributed by atoms with Crippen LogP contribution in [0.1, 0.15) is 13.3 Å². The van der Waals surface area contributed by atoms with Crippen LogP contribution in [0.25, 0.3) is 0 Å². The molecule has 0 aromatic heterocycles. The van der Waals surface area contributed by atoms with Crippen LogP contribution in [0, 0.1) is 0 Å². The number of nitrogens with zero attached hydrogens (tertiary/aromatic N) is 4. The molecule has 2 heterocycles. The summed E-state index contributed by atoms with van der Waals surface area (Å²) in [5.74, 6) is -0.218. The quantitative estimate of drug-likeness (QED) is 0.579. The number of amides is 3. The van der Waals surface area contributed by atoms with Crippen LogP contribution in [0.4, 0.5) is 0 Å². The lowest BCUT2D eigenvalue weighted by Gasteiger charge is -2.34. The summed E-state index contributed by atoms with van der Waals surface area (Å²) in [6.45, 7) is 6.23. The van der Waals surface area contributed by atoms with Crippen molar-refractivity contribution in [2.24, 2.45) is 0 Å². The lowest BCUT2D eigenvalue weighted by atomic mass is 10.2. The zero-order chi connectivity index (χ0) is 14.5. The molecule has 2 aliphatic rings. The Morgan fingerprint density at radius 2 is 1.25 bits per heavy atom. The van der Waals surface area contributed by atoms with Crippen molar-refractivity contribution in [3.8, 4) is 0 Å². The van der Waals surface area contributed by atoms with Crippen LogP contribution in [0.3, 0.4) is 0 Å². The summed E-state index contributed by atoms with van der Waals surface area (Å²) in [7, 11) is 0. The summed E-state index contributed by atoms with van der Waals surface area (Å²) >= 11 is 0. The van der Waals surface area contributed by atoms with E-state index >= 15 is 0 Å². The highest BCUT2D eigenvalue weighted by Crippen LogP contribution is 2.06. The molecule has 2 saturated heterocycles. The van der Waals surface area contributed by atoms with Crippen molar-refractivity contribution in [1.29, 1.82) is 0 Å². The maximum Gasteiger partial charge on any atom is 0.232 e. The predicted molar refractivity (Wildman–Crippen MR) is 71.9 cm³/mol. The third-order valence-electron chi connectivity index (χ3n) is 3.79. The van der Waals surface area contributed by atoms with Crippen molar-refractivity contribution < 1.29 is 14.4 Å². The molecule has 0 aliphatic carbocycles. The first kappa shape index (κ1) is 14.8. The van der Waals surface area contributed by atoms with Gasteiger partial charge in [0.1, 0.15) is 6.42 Å². The molecule has 111 valence electrons. The topological polar surface area (TPSA) is 75.0 Å². The van der Waals surface area contributed by atoms with Crippen molar-refractivity contribution >= 4 is 17.7 Å². The molecule has 0 saturated carbocycles. The van der Waals surface area contributed by atoms with E-state index in [0.29, 0.717) is 52.4 Å². The minimum atomic E-state index is -0.138. The smallest absolute Gasteiger partial charge is 0.232 e. The van der Waals surface area contributed by atoms with Crippen LogP contribution in [0.2, 0.25) is 0 Å². The van der Waals surface area contributed by atoms with Crippen LogP contribution in [-0.4, -0.2) is 84.8 Å². The fraction of sp³-hybridized carbons (Fsp3) is 0.769. The SMILES string of the molecule is CC(=O)N1CCN(C(=O)CC(=O)N2CC[N]CC2)CC1. The van der Waals surface area contributed by atoms with Gasteiger partial charge in [0.05, 0.1) is 0 Å². The van der Waals surface area contributed by atoms with E-state index in [4.69, 9.17) is 0 Å². The normalized spacial score (nSPS) is 19.9. The van der Waals surface area contributed by atoms with E-state index in [1.165, 1.54) is 6.92 Å². The average molecular weight is 281 g/mol. The molecule has 0 atom stereocenters. The Labute approximate surface area is 118 Å². The lowest BCUT2D eigenvalue weighted by molar-refractivity contribution is -0.144. The summed E-state index contributed by atoms with van der Waals surface area (Å²) in [5.41, 5.74) is 0. The number of hydrogen-bond acceptors (Lipinski definition) is 3. The molecule has 2 fully saturated rings. The first-order chi connectivity index (χ1) is 9.58. The summed E-state index contributed by atoms with van der Waals surface area (Å²) in [4.78, 5) is 40.4. The van der Waals surface area contributed by atoms with Gasteiger partial charge in [-0.05, 0) is 0 Å². The minimum absolute atomic E-state index is 0.0326. The van der Waals surface area contributed by atoms with Crippen LogP contribution in [0.5, 0.6) is 0 Å². The van der Waals surface area contributed by atoms with Crippen LogP contribution >= 0.6 is 0 Å². The van der Waals surface area contributed by atoms with E-state index in [2.05, 4.69) is 5.32 Å². The highest BCUT2D eigenvalue weighted by molar-refractivity contribution is 5.97. The maximum atomic E-state index is 12.1. The molecule has 0 unspecified atom stereocenters. The second-order valence-corrected chi connectivity index (χ2v) is 5.12. The molecule has 0 spiro atoms. The highest BCUT2D eigenvalue weighted by atomic mass is 16.2. The number of piperazine rings is 2. The van der Waals surface area contributed by atoms with E-state index in [0.717, 1.165) is 0 Å². The second-order valence-electron chi connectivity index (χ2n) is 5.12. The van der Waals surface area contributed by atoms with Gasteiger partial charge in [-0.2, -0.15) is 0 Å². The van der Waals surface area contributed by atoms with Gasteiger partial charge in [0.15, 0.2) is 0 Å². The molecule has 0 aromatic carbocycles. The van der Waals surface area contributed by atoms with Gasteiger partial charge in [-0.1, -0.05) is 0 Å². The highest BCUT2D eigenvalue weighted by Gasteiger charge is 2.26. The second kappa shape index (κ2) is 6.69. The van der Waals surface area contributed by atoms with Gasteiger partial charge >= 0.3 is 0 Å². The third kappa shape index (κ3) is 3.69. The first-order valence-electron chi connectivity index (χ1n) is 7.02. The van der Waals surface area contributed by atoms with Crippen molar-refractivity contribution in [2.45, 2.75) is 13.3 Å². The average Bonchev–Trinajstić information content (AvgIpc) is 2.48. The Balaban J connectivity index is 1.77. The molecule has 20 heavy (non-hydrogen) atoms. The molecular weight excluding hydrogens is 260 g/mol. The molecule has 1 radical (unpaired) electrons. The zero-order valence-corrected chi connectivity index (χ0v) is 11.9. The van der Waals surface area contributed by atoms with E-state index < -0.39 is 0 Å². The van der Waals surface area contributed by atoms with Crippen molar-refractivity contribution in [3.63, 3.8) is 0 Å². The summed E-state index contributed by atoms with van der Waals surface area (Å²) < 4.78 is 0. The van der Waals surface area contributed by atoms with Crippen LogP contribution < -0.4 is 5.32 Å². The molecule has 3 amide bonds. The van der Waals surface area contributed by atoms with Crippen LogP contribution in [-0.2, 0) is 14.4 Å². The fourth-order valence-electron chi connectivity index (χ4n) is 2.48. The Morgan fingerprint density at radius 3 is 1.75 bits per heavy atom. The largest absolute Gasteiger partial charge is 0.340 e. The Bertz CT molecular complexity index is 385. The lowest BCUT2D eigenvalue weighted by Crippen LogP contribution is -2.51. The third-order valence-corrected chi connectivity index (χ3v) is 3.79. The summed E-state index contributed by atoms with van der Waals surface area (Å²) in [6, 6.07) is 0. The molecule has 2 rings (SSSR count). The zero-order valence-electron chi connectivity index (χ0n) is 11.9. The molecule has 2 aliphatic heterocycles. The maximum absolute atomic E-state index is 12.1. The Hall–Kier alpha value is -1.63. The van der Waals surface area contributed by atoms with Crippen molar-refractivity contribution in [3.05, 3.63) is 0 Å². The van der Waals surface area contributed by atoms with Gasteiger partial charge < -0.3 is 14.7 Å². The van der Waals surface area contributed by atoms with Gasteiger partial charge in [0, 0.05) is 59.3 Å². The van der Waals surface area contributed by atoms with Crippen molar-refractivity contribution in [1.82, 2.24) is 20.0 Å². The van der Waals surface area contributed by atoms with Gasteiger partial charge in [0.2, 0.25) is 17.7 Å². The van der Waals surface area contributed by atoms with Gasteiger partial charge in [-0.3, -0.25) is 14.4 Å². The standard InChI is InChI=1S/C13H21N4O3/c1-11(18)15-6-8-17(9-7-15)13(20)10-12(19)16-4-2-14-3-5-16/h2-10H2,1H3. The Morgan fingerprint density at radius 1 is 0.800 bits per heavy atom.